The number of carbonyl (C=O) groups excluding carboxylic acids is 1. The average molecular weight is 290 g/mol. The molecule has 0 saturated carbocycles. The molecular weight excluding hydrogens is 264 g/mol. The molecule has 116 valence electrons. The highest BCUT2D eigenvalue weighted by molar-refractivity contribution is 5.96. The van der Waals surface area contributed by atoms with Crippen LogP contribution in [-0.2, 0) is 0 Å². The van der Waals surface area contributed by atoms with Gasteiger partial charge in [0.1, 0.15) is 0 Å². The lowest BCUT2D eigenvalue weighted by Gasteiger charge is -2.28. The van der Waals surface area contributed by atoms with E-state index in [0.29, 0.717) is 23.8 Å². The Morgan fingerprint density at radius 1 is 1.52 bits per heavy atom. The number of amides is 1. The van der Waals surface area contributed by atoms with E-state index in [1.165, 1.54) is 12.8 Å². The van der Waals surface area contributed by atoms with Gasteiger partial charge in [-0.15, -0.1) is 0 Å². The summed E-state index contributed by atoms with van der Waals surface area (Å²) in [5.74, 6) is -0.0508. The summed E-state index contributed by atoms with van der Waals surface area (Å²) in [7, 11) is 4.21. The van der Waals surface area contributed by atoms with E-state index in [1.54, 1.807) is 6.07 Å². The van der Waals surface area contributed by atoms with E-state index in [-0.39, 0.29) is 5.91 Å². The molecule has 5 nitrogen and oxygen atoms in total. The van der Waals surface area contributed by atoms with Crippen LogP contribution < -0.4 is 16.0 Å². The highest BCUT2D eigenvalue weighted by atomic mass is 16.1. The van der Waals surface area contributed by atoms with Gasteiger partial charge in [0, 0.05) is 31.7 Å². The Morgan fingerprint density at radius 3 is 2.90 bits per heavy atom. The number of benzene rings is 1. The van der Waals surface area contributed by atoms with Crippen LogP contribution in [0.15, 0.2) is 18.2 Å². The summed E-state index contributed by atoms with van der Waals surface area (Å²) < 4.78 is 0. The summed E-state index contributed by atoms with van der Waals surface area (Å²) in [6.45, 7) is 4.63. The van der Waals surface area contributed by atoms with Crippen molar-refractivity contribution in [2.75, 3.05) is 44.4 Å². The number of likely N-dealkylation sites (tertiary alicyclic amines) is 1. The Kier molecular flexibility index (Phi) is 5.07. The number of nitrogens with two attached hydrogens (primary N) is 1. The number of anilines is 2. The van der Waals surface area contributed by atoms with Gasteiger partial charge in [-0.25, -0.2) is 0 Å². The van der Waals surface area contributed by atoms with E-state index < -0.39 is 0 Å². The van der Waals surface area contributed by atoms with Crippen molar-refractivity contribution >= 4 is 17.3 Å². The molecule has 1 unspecified atom stereocenters. The Hall–Kier alpha value is -1.75. The molecule has 0 aliphatic carbocycles. The molecule has 2 rings (SSSR count). The van der Waals surface area contributed by atoms with Gasteiger partial charge in [-0.1, -0.05) is 0 Å². The molecule has 5 heteroatoms. The molecule has 21 heavy (non-hydrogen) atoms. The van der Waals surface area contributed by atoms with Gasteiger partial charge >= 0.3 is 0 Å². The fourth-order valence-corrected chi connectivity index (χ4v) is 2.90. The Balaban J connectivity index is 2.13. The number of hydrogen-bond donors (Lipinski definition) is 2. The predicted octanol–water partition coefficient (Wildman–Crippen LogP) is 1.55. The third-order valence-corrected chi connectivity index (χ3v) is 4.20. The zero-order valence-electron chi connectivity index (χ0n) is 13.2. The molecule has 0 spiro atoms. The largest absolute Gasteiger partial charge is 0.397 e. The van der Waals surface area contributed by atoms with Crippen LogP contribution >= 0.6 is 0 Å². The van der Waals surface area contributed by atoms with Crippen LogP contribution in [0.3, 0.4) is 0 Å². The predicted molar refractivity (Wildman–Crippen MR) is 87.8 cm³/mol. The minimum absolute atomic E-state index is 0.0508. The second-order valence-corrected chi connectivity index (χ2v) is 5.79. The number of nitrogens with zero attached hydrogens (tertiary/aromatic N) is 2. The molecule has 1 fully saturated rings. The molecular formula is C16H26N4O. The number of hydrogen-bond acceptors (Lipinski definition) is 4. The number of nitrogen functional groups attached to an aromatic ring is 1. The fraction of sp³-hybridized carbons (Fsp3) is 0.562. The maximum absolute atomic E-state index is 11.9. The van der Waals surface area contributed by atoms with Crippen LogP contribution in [0.5, 0.6) is 0 Å². The summed E-state index contributed by atoms with van der Waals surface area (Å²) in [6.07, 6.45) is 2.47. The first-order valence-corrected chi connectivity index (χ1v) is 7.62. The van der Waals surface area contributed by atoms with Gasteiger partial charge in [0.2, 0.25) is 0 Å². The minimum atomic E-state index is -0.0508. The van der Waals surface area contributed by atoms with Crippen molar-refractivity contribution < 1.29 is 4.79 Å². The molecule has 1 saturated heterocycles. The van der Waals surface area contributed by atoms with Crippen molar-refractivity contribution in [1.29, 1.82) is 0 Å². The first-order valence-electron chi connectivity index (χ1n) is 7.62. The highest BCUT2D eigenvalue weighted by Crippen LogP contribution is 2.26. The minimum Gasteiger partial charge on any atom is -0.397 e. The maximum atomic E-state index is 11.9. The standard InChI is InChI=1S/C16H26N4O/c1-4-18-16(21)12-7-8-14(17)15(10-12)20(3)11-13-6-5-9-19(13)2/h7-8,10,13H,4-6,9,11,17H2,1-3H3,(H,18,21). The monoisotopic (exact) mass is 290 g/mol. The molecule has 1 aliphatic heterocycles. The second kappa shape index (κ2) is 6.80. The van der Waals surface area contributed by atoms with Crippen molar-refractivity contribution in [2.24, 2.45) is 0 Å². The molecule has 1 heterocycles. The van der Waals surface area contributed by atoms with Gasteiger partial charge in [-0.2, -0.15) is 0 Å². The molecule has 3 N–H and O–H groups in total. The van der Waals surface area contributed by atoms with E-state index in [4.69, 9.17) is 5.73 Å². The summed E-state index contributed by atoms with van der Waals surface area (Å²) in [6, 6.07) is 6.03. The number of nitrogens with one attached hydrogen (secondary N) is 1. The van der Waals surface area contributed by atoms with Crippen LogP contribution in [0.1, 0.15) is 30.1 Å². The van der Waals surface area contributed by atoms with Gasteiger partial charge in [-0.05, 0) is 51.6 Å². The van der Waals surface area contributed by atoms with Crippen LogP contribution in [0.4, 0.5) is 11.4 Å². The molecule has 1 aromatic carbocycles. The third-order valence-electron chi connectivity index (χ3n) is 4.20. The van der Waals surface area contributed by atoms with E-state index in [2.05, 4.69) is 22.2 Å². The SMILES string of the molecule is CCNC(=O)c1ccc(N)c(N(C)CC2CCCN2C)c1. The van der Waals surface area contributed by atoms with Gasteiger partial charge in [-0.3, -0.25) is 4.79 Å². The van der Waals surface area contributed by atoms with Crippen molar-refractivity contribution in [1.82, 2.24) is 10.2 Å². The highest BCUT2D eigenvalue weighted by Gasteiger charge is 2.23. The van der Waals surface area contributed by atoms with Crippen LogP contribution in [0, 0.1) is 0 Å². The fourth-order valence-electron chi connectivity index (χ4n) is 2.90. The van der Waals surface area contributed by atoms with Crippen LogP contribution in [0.2, 0.25) is 0 Å². The van der Waals surface area contributed by atoms with E-state index in [1.807, 2.05) is 26.1 Å². The number of likely N-dealkylation sites (N-methyl/N-ethyl adjacent to an activating group) is 2. The topological polar surface area (TPSA) is 61.6 Å². The first-order chi connectivity index (χ1) is 10.0. The summed E-state index contributed by atoms with van der Waals surface area (Å²) >= 11 is 0. The van der Waals surface area contributed by atoms with Crippen molar-refractivity contribution in [3.8, 4) is 0 Å². The first kappa shape index (κ1) is 15.6. The number of carbonyl (C=O) groups is 1. The third kappa shape index (κ3) is 3.67. The zero-order chi connectivity index (χ0) is 15.4. The van der Waals surface area contributed by atoms with Crippen LogP contribution in [0.25, 0.3) is 0 Å². The quantitative estimate of drug-likeness (QED) is 0.808. The van der Waals surface area contributed by atoms with E-state index in [0.717, 1.165) is 18.8 Å². The molecule has 1 aromatic rings. The molecule has 1 aliphatic rings. The average Bonchev–Trinajstić information content (AvgIpc) is 2.85. The van der Waals surface area contributed by atoms with Crippen LogP contribution in [-0.4, -0.2) is 50.6 Å². The zero-order valence-corrected chi connectivity index (χ0v) is 13.2. The summed E-state index contributed by atoms with van der Waals surface area (Å²) in [5.41, 5.74) is 8.39. The van der Waals surface area contributed by atoms with E-state index >= 15 is 0 Å². The summed E-state index contributed by atoms with van der Waals surface area (Å²) in [5, 5.41) is 2.82. The second-order valence-electron chi connectivity index (χ2n) is 5.79. The van der Waals surface area contributed by atoms with E-state index in [9.17, 15) is 4.79 Å². The Morgan fingerprint density at radius 2 is 2.29 bits per heavy atom. The lowest BCUT2D eigenvalue weighted by atomic mass is 10.1. The molecule has 1 amide bonds. The Labute approximate surface area is 127 Å². The maximum Gasteiger partial charge on any atom is 0.251 e. The van der Waals surface area contributed by atoms with Crippen molar-refractivity contribution in [3.63, 3.8) is 0 Å². The summed E-state index contributed by atoms with van der Waals surface area (Å²) in [4.78, 5) is 16.5. The Bertz CT molecular complexity index is 503. The van der Waals surface area contributed by atoms with Gasteiger partial charge in [0.15, 0.2) is 0 Å². The lowest BCUT2D eigenvalue weighted by Crippen LogP contribution is -2.37. The van der Waals surface area contributed by atoms with Crippen molar-refractivity contribution in [2.45, 2.75) is 25.8 Å². The normalized spacial score (nSPS) is 18.7. The molecule has 0 aromatic heterocycles. The van der Waals surface area contributed by atoms with Crippen molar-refractivity contribution in [3.05, 3.63) is 23.8 Å². The van der Waals surface area contributed by atoms with Gasteiger partial charge in [0.05, 0.1) is 11.4 Å². The lowest BCUT2D eigenvalue weighted by molar-refractivity contribution is 0.0956. The number of rotatable bonds is 5. The van der Waals surface area contributed by atoms with Gasteiger partial charge in [0.25, 0.3) is 5.91 Å². The molecule has 0 radical (unpaired) electrons. The molecule has 1 atom stereocenters. The van der Waals surface area contributed by atoms with Gasteiger partial charge < -0.3 is 20.9 Å². The smallest absolute Gasteiger partial charge is 0.251 e. The molecule has 0 bridgehead atoms.